The van der Waals surface area contributed by atoms with Crippen LogP contribution in [0.5, 0.6) is 0 Å². The lowest BCUT2D eigenvalue weighted by Gasteiger charge is -2.30. The Hall–Kier alpha value is -2.05. The molecule has 0 bridgehead atoms. The van der Waals surface area contributed by atoms with Gasteiger partial charge in [-0.25, -0.2) is 8.42 Å². The van der Waals surface area contributed by atoms with E-state index in [4.69, 9.17) is 11.6 Å². The number of hydrogen-bond acceptors (Lipinski definition) is 3. The first-order valence-corrected chi connectivity index (χ1v) is 9.38. The number of halogens is 1. The van der Waals surface area contributed by atoms with Gasteiger partial charge in [0.2, 0.25) is 0 Å². The van der Waals surface area contributed by atoms with E-state index in [-0.39, 0.29) is 10.8 Å². The highest BCUT2D eigenvalue weighted by atomic mass is 35.5. The van der Waals surface area contributed by atoms with Gasteiger partial charge in [-0.15, -0.1) is 0 Å². The highest BCUT2D eigenvalue weighted by molar-refractivity contribution is 7.92. The number of benzene rings is 2. The van der Waals surface area contributed by atoms with Gasteiger partial charge in [-0.1, -0.05) is 11.6 Å². The lowest BCUT2D eigenvalue weighted by Crippen LogP contribution is -2.35. The number of sulfonamides is 1. The zero-order valence-electron chi connectivity index (χ0n) is 13.1. The minimum Gasteiger partial charge on any atom is -0.355 e. The fraction of sp³-hybridized carbons (Fsp3) is 0.235. The summed E-state index contributed by atoms with van der Waals surface area (Å²) in [7, 11) is -2.09. The molecule has 0 aromatic heterocycles. The van der Waals surface area contributed by atoms with Gasteiger partial charge in [-0.3, -0.25) is 9.10 Å². The Morgan fingerprint density at radius 1 is 1.17 bits per heavy atom. The quantitative estimate of drug-likeness (QED) is 0.910. The minimum atomic E-state index is -3.66. The number of anilines is 1. The molecule has 0 radical (unpaired) electrons. The van der Waals surface area contributed by atoms with E-state index >= 15 is 0 Å². The van der Waals surface area contributed by atoms with Crippen LogP contribution in [0.4, 0.5) is 5.69 Å². The van der Waals surface area contributed by atoms with Crippen LogP contribution in [-0.2, 0) is 16.4 Å². The van der Waals surface area contributed by atoms with Crippen molar-refractivity contribution in [2.75, 3.05) is 17.9 Å². The minimum absolute atomic E-state index is 0.185. The molecule has 1 N–H and O–H groups in total. The number of carbonyl (C=O) groups is 1. The van der Waals surface area contributed by atoms with E-state index in [1.165, 1.54) is 16.4 Å². The number of hydrogen-bond donors (Lipinski definition) is 1. The van der Waals surface area contributed by atoms with Crippen molar-refractivity contribution in [3.63, 3.8) is 0 Å². The van der Waals surface area contributed by atoms with Crippen molar-refractivity contribution in [1.29, 1.82) is 0 Å². The summed E-state index contributed by atoms with van der Waals surface area (Å²) in [6.07, 6.45) is 1.45. The number of nitrogens with zero attached hydrogens (tertiary/aromatic N) is 1. The van der Waals surface area contributed by atoms with Crippen LogP contribution in [0, 0.1) is 0 Å². The lowest BCUT2D eigenvalue weighted by atomic mass is 10.0. The van der Waals surface area contributed by atoms with E-state index < -0.39 is 10.0 Å². The molecule has 1 aliphatic heterocycles. The Bertz CT molecular complexity index is 879. The second-order valence-corrected chi connectivity index (χ2v) is 7.86. The summed E-state index contributed by atoms with van der Waals surface area (Å²) in [5.74, 6) is -0.185. The fourth-order valence-corrected chi connectivity index (χ4v) is 4.50. The summed E-state index contributed by atoms with van der Waals surface area (Å²) in [4.78, 5) is 12.0. The van der Waals surface area contributed by atoms with Crippen molar-refractivity contribution in [1.82, 2.24) is 5.32 Å². The Morgan fingerprint density at radius 2 is 1.88 bits per heavy atom. The molecule has 0 unspecified atom stereocenters. The summed E-state index contributed by atoms with van der Waals surface area (Å²) in [5.41, 5.74) is 2.02. The van der Waals surface area contributed by atoms with Crippen LogP contribution < -0.4 is 9.62 Å². The van der Waals surface area contributed by atoms with Gasteiger partial charge in [0.15, 0.2) is 0 Å². The number of rotatable bonds is 3. The van der Waals surface area contributed by atoms with Gasteiger partial charge in [0.05, 0.1) is 10.6 Å². The molecule has 126 valence electrons. The third-order valence-corrected chi connectivity index (χ3v) is 6.13. The van der Waals surface area contributed by atoms with Crippen LogP contribution in [0.25, 0.3) is 0 Å². The van der Waals surface area contributed by atoms with Gasteiger partial charge in [0.1, 0.15) is 0 Å². The van der Waals surface area contributed by atoms with E-state index in [0.29, 0.717) is 29.2 Å². The van der Waals surface area contributed by atoms with Gasteiger partial charge in [-0.05, 0) is 60.9 Å². The van der Waals surface area contributed by atoms with Crippen LogP contribution in [0.1, 0.15) is 22.3 Å². The topological polar surface area (TPSA) is 66.5 Å². The van der Waals surface area contributed by atoms with Crippen molar-refractivity contribution in [2.45, 2.75) is 17.7 Å². The van der Waals surface area contributed by atoms with Gasteiger partial charge in [0.25, 0.3) is 15.9 Å². The summed E-state index contributed by atoms with van der Waals surface area (Å²) in [6.45, 7) is 0.414. The Kier molecular flexibility index (Phi) is 4.51. The van der Waals surface area contributed by atoms with Gasteiger partial charge < -0.3 is 5.32 Å². The smallest absolute Gasteiger partial charge is 0.264 e. The average Bonchev–Trinajstić information content (AvgIpc) is 2.60. The Labute approximate surface area is 146 Å². The van der Waals surface area contributed by atoms with Crippen molar-refractivity contribution < 1.29 is 13.2 Å². The highest BCUT2D eigenvalue weighted by Gasteiger charge is 2.29. The Morgan fingerprint density at radius 3 is 2.54 bits per heavy atom. The zero-order chi connectivity index (χ0) is 17.3. The molecular weight excluding hydrogens is 348 g/mol. The molecule has 2 aromatic rings. The maximum absolute atomic E-state index is 12.9. The van der Waals surface area contributed by atoms with Crippen LogP contribution >= 0.6 is 11.6 Å². The lowest BCUT2D eigenvalue weighted by molar-refractivity contribution is 0.0963. The SMILES string of the molecule is CNC(=O)c1ccc2c(c1)CCCN2S(=O)(=O)c1ccc(Cl)cc1. The van der Waals surface area contributed by atoms with Crippen molar-refractivity contribution in [2.24, 2.45) is 0 Å². The first kappa shape index (κ1) is 16.8. The van der Waals surface area contributed by atoms with Crippen molar-refractivity contribution in [3.05, 3.63) is 58.6 Å². The van der Waals surface area contributed by atoms with E-state index in [1.807, 2.05) is 0 Å². The maximum atomic E-state index is 12.9. The van der Waals surface area contributed by atoms with E-state index in [2.05, 4.69) is 5.32 Å². The highest BCUT2D eigenvalue weighted by Crippen LogP contribution is 2.33. The molecule has 1 aliphatic rings. The average molecular weight is 365 g/mol. The molecule has 0 saturated carbocycles. The molecule has 1 amide bonds. The normalized spacial score (nSPS) is 14.2. The first-order valence-electron chi connectivity index (χ1n) is 7.57. The number of amides is 1. The van der Waals surface area contributed by atoms with Gasteiger partial charge in [0, 0.05) is 24.2 Å². The predicted octanol–water partition coefficient (Wildman–Crippen LogP) is 2.84. The molecule has 1 heterocycles. The molecule has 0 spiro atoms. The number of nitrogens with one attached hydrogen (secondary N) is 1. The van der Waals surface area contributed by atoms with Crippen molar-refractivity contribution in [3.8, 4) is 0 Å². The summed E-state index contributed by atoms with van der Waals surface area (Å²) >= 11 is 5.84. The summed E-state index contributed by atoms with van der Waals surface area (Å²) in [5, 5.41) is 3.07. The van der Waals surface area contributed by atoms with Crippen LogP contribution in [0.2, 0.25) is 5.02 Å². The standard InChI is InChI=1S/C17H17ClN2O3S/c1-19-17(21)13-4-9-16-12(11-13)3-2-10-20(16)24(22,23)15-7-5-14(18)6-8-15/h4-9,11H,2-3,10H2,1H3,(H,19,21). The van der Waals surface area contributed by atoms with Gasteiger partial charge in [-0.2, -0.15) is 0 Å². The number of carbonyl (C=O) groups excluding carboxylic acids is 1. The largest absolute Gasteiger partial charge is 0.355 e. The fourth-order valence-electron chi connectivity index (χ4n) is 2.83. The molecule has 7 heteroatoms. The first-order chi connectivity index (χ1) is 11.4. The van der Waals surface area contributed by atoms with Crippen LogP contribution in [0.15, 0.2) is 47.4 Å². The monoisotopic (exact) mass is 364 g/mol. The van der Waals surface area contributed by atoms with E-state index in [9.17, 15) is 13.2 Å². The molecule has 3 rings (SSSR count). The summed E-state index contributed by atoms with van der Waals surface area (Å²) in [6, 6.07) is 11.2. The predicted molar refractivity (Wildman–Crippen MR) is 94.1 cm³/mol. The zero-order valence-corrected chi connectivity index (χ0v) is 14.7. The number of fused-ring (bicyclic) bond motifs is 1. The molecule has 0 atom stereocenters. The second-order valence-electron chi connectivity index (χ2n) is 5.56. The van der Waals surface area contributed by atoms with E-state index in [0.717, 1.165) is 12.0 Å². The van der Waals surface area contributed by atoms with Crippen LogP contribution in [0.3, 0.4) is 0 Å². The molecular formula is C17H17ClN2O3S. The third kappa shape index (κ3) is 2.99. The molecule has 0 fully saturated rings. The second kappa shape index (κ2) is 6.45. The van der Waals surface area contributed by atoms with Crippen LogP contribution in [-0.4, -0.2) is 27.9 Å². The van der Waals surface area contributed by atoms with E-state index in [1.54, 1.807) is 37.4 Å². The number of aryl methyl sites for hydroxylation is 1. The molecule has 0 saturated heterocycles. The molecule has 0 aliphatic carbocycles. The van der Waals surface area contributed by atoms with Gasteiger partial charge >= 0.3 is 0 Å². The Balaban J connectivity index is 2.03. The molecule has 2 aromatic carbocycles. The maximum Gasteiger partial charge on any atom is 0.264 e. The summed E-state index contributed by atoms with van der Waals surface area (Å²) < 4.78 is 27.3. The van der Waals surface area contributed by atoms with Crippen molar-refractivity contribution >= 4 is 33.2 Å². The molecule has 5 nitrogen and oxygen atoms in total. The third-order valence-electron chi connectivity index (χ3n) is 4.05. The molecule has 24 heavy (non-hydrogen) atoms.